The van der Waals surface area contributed by atoms with Crippen molar-refractivity contribution in [2.75, 3.05) is 33.9 Å². The van der Waals surface area contributed by atoms with Crippen molar-refractivity contribution in [2.24, 2.45) is 0 Å². The second-order valence-corrected chi connectivity index (χ2v) is 7.39. The van der Waals surface area contributed by atoms with E-state index in [1.807, 2.05) is 18.2 Å². The number of rotatable bonds is 7. The number of carbonyl (C=O) groups excluding carboxylic acids is 1. The third-order valence-corrected chi connectivity index (χ3v) is 5.42. The van der Waals surface area contributed by atoms with E-state index < -0.39 is 0 Å². The van der Waals surface area contributed by atoms with E-state index in [2.05, 4.69) is 42.2 Å². The van der Waals surface area contributed by atoms with E-state index in [1.165, 1.54) is 16.7 Å². The molecule has 1 atom stereocenters. The minimum absolute atomic E-state index is 0.167. The molecule has 148 valence electrons. The van der Waals surface area contributed by atoms with Gasteiger partial charge in [0.2, 0.25) is 0 Å². The summed E-state index contributed by atoms with van der Waals surface area (Å²) >= 11 is 0. The number of nitrogens with zero attached hydrogens (tertiary/aromatic N) is 1. The van der Waals surface area contributed by atoms with Crippen molar-refractivity contribution >= 4 is 11.4 Å². The van der Waals surface area contributed by atoms with Gasteiger partial charge in [0.15, 0.2) is 11.5 Å². The monoisotopic (exact) mass is 379 g/mol. The summed E-state index contributed by atoms with van der Waals surface area (Å²) in [5.41, 5.74) is 4.96. The molecule has 1 heterocycles. The van der Waals surface area contributed by atoms with Crippen LogP contribution < -0.4 is 9.47 Å². The average Bonchev–Trinajstić information content (AvgIpc) is 2.71. The Balaban J connectivity index is 1.73. The van der Waals surface area contributed by atoms with Gasteiger partial charge in [-0.1, -0.05) is 42.0 Å². The predicted molar refractivity (Wildman–Crippen MR) is 113 cm³/mol. The van der Waals surface area contributed by atoms with Crippen LogP contribution in [0.5, 0.6) is 11.5 Å². The molecule has 4 nitrogen and oxygen atoms in total. The number of Topliss-reactive ketones (excluding diaryl/α,β-unsaturated/α-hetero) is 1. The summed E-state index contributed by atoms with van der Waals surface area (Å²) in [4.78, 5) is 14.7. The predicted octanol–water partition coefficient (Wildman–Crippen LogP) is 4.47. The van der Waals surface area contributed by atoms with Gasteiger partial charge in [0.05, 0.1) is 20.1 Å². The topological polar surface area (TPSA) is 38.8 Å². The van der Waals surface area contributed by atoms with Crippen LogP contribution in [0.2, 0.25) is 0 Å². The van der Waals surface area contributed by atoms with Gasteiger partial charge in [-0.15, -0.1) is 0 Å². The first-order valence-corrected chi connectivity index (χ1v) is 9.72. The maximum absolute atomic E-state index is 12.4. The number of methoxy groups -OCH3 is 2. The van der Waals surface area contributed by atoms with Crippen LogP contribution >= 0.6 is 0 Å². The van der Waals surface area contributed by atoms with Gasteiger partial charge in [0.25, 0.3) is 0 Å². The number of hydrogen-bond donors (Lipinski definition) is 0. The molecule has 0 bridgehead atoms. The van der Waals surface area contributed by atoms with Crippen LogP contribution in [0.4, 0.5) is 0 Å². The molecule has 0 fully saturated rings. The molecule has 2 aromatic carbocycles. The van der Waals surface area contributed by atoms with Crippen LogP contribution in [-0.2, 0) is 4.79 Å². The summed E-state index contributed by atoms with van der Waals surface area (Å²) in [6, 6.07) is 14.4. The van der Waals surface area contributed by atoms with E-state index in [9.17, 15) is 4.79 Å². The maximum atomic E-state index is 12.4. The molecule has 0 radical (unpaired) electrons. The molecular weight excluding hydrogens is 350 g/mol. The molecule has 2 aromatic rings. The van der Waals surface area contributed by atoms with Crippen molar-refractivity contribution in [3.8, 4) is 11.5 Å². The van der Waals surface area contributed by atoms with Crippen LogP contribution in [0.3, 0.4) is 0 Å². The summed E-state index contributed by atoms with van der Waals surface area (Å²) in [5, 5.41) is 0. The molecular formula is C24H29NO3. The van der Waals surface area contributed by atoms with Gasteiger partial charge in [-0.25, -0.2) is 0 Å². The van der Waals surface area contributed by atoms with Gasteiger partial charge in [-0.3, -0.25) is 9.69 Å². The Morgan fingerprint density at radius 3 is 2.50 bits per heavy atom. The van der Waals surface area contributed by atoms with Crippen molar-refractivity contribution in [1.82, 2.24) is 4.90 Å². The Labute approximate surface area is 167 Å². The summed E-state index contributed by atoms with van der Waals surface area (Å²) in [7, 11) is 3.23. The lowest BCUT2D eigenvalue weighted by atomic mass is 9.92. The van der Waals surface area contributed by atoms with Crippen LogP contribution in [0.15, 0.2) is 48.5 Å². The zero-order chi connectivity index (χ0) is 20.1. The first-order valence-electron chi connectivity index (χ1n) is 9.72. The highest BCUT2D eigenvalue weighted by molar-refractivity contribution is 5.84. The van der Waals surface area contributed by atoms with Crippen LogP contribution in [0.1, 0.15) is 36.0 Å². The molecule has 28 heavy (non-hydrogen) atoms. The highest BCUT2D eigenvalue weighted by Crippen LogP contribution is 2.32. The minimum Gasteiger partial charge on any atom is -0.493 e. The first kappa shape index (κ1) is 20.2. The number of ketones is 1. The number of aryl methyl sites for hydroxylation is 1. The molecule has 3 rings (SSSR count). The molecule has 0 N–H and O–H groups in total. The fourth-order valence-electron chi connectivity index (χ4n) is 3.78. The lowest BCUT2D eigenvalue weighted by molar-refractivity contribution is -0.118. The molecule has 1 aliphatic rings. The fourth-order valence-corrected chi connectivity index (χ4v) is 3.78. The average molecular weight is 380 g/mol. The molecule has 0 amide bonds. The van der Waals surface area contributed by atoms with Crippen molar-refractivity contribution in [3.63, 3.8) is 0 Å². The first-order chi connectivity index (χ1) is 13.5. The van der Waals surface area contributed by atoms with Crippen LogP contribution in [-0.4, -0.2) is 44.5 Å². The standard InChI is InChI=1S/C24H29NO3/c1-17-6-5-7-20(14-17)19-10-12-25(13-11-19)16-22(18(2)26)21-8-9-23(27-3)24(15-21)28-4/h5-10,14-15,22H,11-13,16H2,1-4H3. The summed E-state index contributed by atoms with van der Waals surface area (Å²) < 4.78 is 10.7. The number of ether oxygens (including phenoxy) is 2. The fraction of sp³-hybridized carbons (Fsp3) is 0.375. The maximum Gasteiger partial charge on any atom is 0.161 e. The van der Waals surface area contributed by atoms with Gasteiger partial charge in [-0.05, 0) is 49.1 Å². The van der Waals surface area contributed by atoms with Crippen molar-refractivity contribution in [2.45, 2.75) is 26.2 Å². The lowest BCUT2D eigenvalue weighted by Gasteiger charge is -2.30. The second-order valence-electron chi connectivity index (χ2n) is 7.39. The van der Waals surface area contributed by atoms with E-state index in [0.717, 1.165) is 25.1 Å². The molecule has 1 aliphatic heterocycles. The van der Waals surface area contributed by atoms with Crippen molar-refractivity contribution in [1.29, 1.82) is 0 Å². The molecule has 0 saturated heterocycles. The molecule has 0 aromatic heterocycles. The van der Waals surface area contributed by atoms with Gasteiger partial charge in [0.1, 0.15) is 5.78 Å². The van der Waals surface area contributed by atoms with E-state index in [4.69, 9.17) is 9.47 Å². The van der Waals surface area contributed by atoms with Gasteiger partial charge >= 0.3 is 0 Å². The van der Waals surface area contributed by atoms with E-state index >= 15 is 0 Å². The summed E-state index contributed by atoms with van der Waals surface area (Å²) in [6.07, 6.45) is 3.30. The highest BCUT2D eigenvalue weighted by Gasteiger charge is 2.23. The van der Waals surface area contributed by atoms with Crippen LogP contribution in [0.25, 0.3) is 5.57 Å². The summed E-state index contributed by atoms with van der Waals surface area (Å²) in [6.45, 7) is 6.32. The third kappa shape index (κ3) is 4.63. The smallest absolute Gasteiger partial charge is 0.161 e. The van der Waals surface area contributed by atoms with Gasteiger partial charge < -0.3 is 9.47 Å². The molecule has 0 saturated carbocycles. The second kappa shape index (κ2) is 9.07. The number of carbonyl (C=O) groups is 1. The zero-order valence-corrected chi connectivity index (χ0v) is 17.2. The zero-order valence-electron chi connectivity index (χ0n) is 17.2. The third-order valence-electron chi connectivity index (χ3n) is 5.42. The normalized spacial score (nSPS) is 15.6. The van der Waals surface area contributed by atoms with Crippen molar-refractivity contribution < 1.29 is 14.3 Å². The van der Waals surface area contributed by atoms with E-state index in [1.54, 1.807) is 21.1 Å². The number of hydrogen-bond acceptors (Lipinski definition) is 4. The molecule has 0 aliphatic carbocycles. The van der Waals surface area contributed by atoms with Crippen molar-refractivity contribution in [3.05, 3.63) is 65.2 Å². The Bertz CT molecular complexity index is 872. The highest BCUT2D eigenvalue weighted by atomic mass is 16.5. The Hall–Kier alpha value is -2.59. The quantitative estimate of drug-likeness (QED) is 0.711. The van der Waals surface area contributed by atoms with Gasteiger partial charge in [-0.2, -0.15) is 0 Å². The van der Waals surface area contributed by atoms with E-state index in [-0.39, 0.29) is 11.7 Å². The Kier molecular flexibility index (Phi) is 6.53. The molecule has 1 unspecified atom stereocenters. The van der Waals surface area contributed by atoms with Gasteiger partial charge in [0, 0.05) is 19.6 Å². The largest absolute Gasteiger partial charge is 0.493 e. The lowest BCUT2D eigenvalue weighted by Crippen LogP contribution is -2.34. The SMILES string of the molecule is COc1ccc(C(CN2CC=C(c3cccc(C)c3)CC2)C(C)=O)cc1OC. The Morgan fingerprint density at radius 1 is 1.11 bits per heavy atom. The molecule has 4 heteroatoms. The molecule has 0 spiro atoms. The summed E-state index contributed by atoms with van der Waals surface area (Å²) in [5.74, 6) is 1.33. The van der Waals surface area contributed by atoms with Crippen LogP contribution in [0, 0.1) is 6.92 Å². The van der Waals surface area contributed by atoms with E-state index in [0.29, 0.717) is 18.0 Å². The number of benzene rings is 2. The minimum atomic E-state index is -0.172. The Morgan fingerprint density at radius 2 is 1.89 bits per heavy atom.